The lowest BCUT2D eigenvalue weighted by Gasteiger charge is -2.38. The summed E-state index contributed by atoms with van der Waals surface area (Å²) in [6.45, 7) is 12.7. The molecule has 1 aliphatic heterocycles. The fraction of sp³-hybridized carbons (Fsp3) is 0.647. The van der Waals surface area contributed by atoms with E-state index in [0.29, 0.717) is 5.56 Å². The molecule has 1 unspecified atom stereocenters. The maximum atomic E-state index is 14.0. The van der Waals surface area contributed by atoms with Crippen LogP contribution in [0.5, 0.6) is 0 Å². The molecule has 0 aromatic heterocycles. The third-order valence-electron chi connectivity index (χ3n) is 4.05. The van der Waals surface area contributed by atoms with Crippen molar-refractivity contribution >= 4 is 5.69 Å². The predicted octanol–water partition coefficient (Wildman–Crippen LogP) is 3.42. The highest BCUT2D eigenvalue weighted by Crippen LogP contribution is 2.31. The highest BCUT2D eigenvalue weighted by atomic mass is 19.1. The van der Waals surface area contributed by atoms with Crippen LogP contribution in [-0.2, 0) is 4.74 Å². The molecule has 1 aromatic rings. The molecular formula is C17H27FN2O. The standard InChI is InChI=1S/C17H27FN2O/c1-6-19-14(5)15-8-16(18)11(2)7-17(15)20-9-12(3)21-13(4)10-20/h7-8,12-14,19H,6,9-10H2,1-5H3/t12-,13+,14?. The molecular weight excluding hydrogens is 267 g/mol. The molecule has 1 heterocycles. The summed E-state index contributed by atoms with van der Waals surface area (Å²) < 4.78 is 19.8. The van der Waals surface area contributed by atoms with Gasteiger partial charge in [0, 0.05) is 24.8 Å². The monoisotopic (exact) mass is 294 g/mol. The van der Waals surface area contributed by atoms with Crippen LogP contribution in [0.2, 0.25) is 0 Å². The van der Waals surface area contributed by atoms with E-state index in [1.54, 1.807) is 6.07 Å². The number of nitrogens with zero attached hydrogens (tertiary/aromatic N) is 1. The summed E-state index contributed by atoms with van der Waals surface area (Å²) in [4.78, 5) is 2.33. The van der Waals surface area contributed by atoms with E-state index in [1.165, 1.54) is 0 Å². The van der Waals surface area contributed by atoms with Crippen LogP contribution < -0.4 is 10.2 Å². The summed E-state index contributed by atoms with van der Waals surface area (Å²) in [5.41, 5.74) is 2.86. The van der Waals surface area contributed by atoms with Gasteiger partial charge in [-0.05, 0) is 57.5 Å². The molecule has 0 aliphatic carbocycles. The van der Waals surface area contributed by atoms with E-state index < -0.39 is 0 Å². The van der Waals surface area contributed by atoms with Gasteiger partial charge in [-0.3, -0.25) is 0 Å². The van der Waals surface area contributed by atoms with E-state index >= 15 is 0 Å². The number of ether oxygens (including phenoxy) is 1. The van der Waals surface area contributed by atoms with Crippen molar-refractivity contribution in [1.29, 1.82) is 0 Å². The number of hydrogen-bond donors (Lipinski definition) is 1. The topological polar surface area (TPSA) is 24.5 Å². The number of halogens is 1. The van der Waals surface area contributed by atoms with E-state index in [1.807, 2.05) is 13.0 Å². The highest BCUT2D eigenvalue weighted by Gasteiger charge is 2.25. The maximum Gasteiger partial charge on any atom is 0.126 e. The van der Waals surface area contributed by atoms with Crippen molar-refractivity contribution < 1.29 is 9.13 Å². The molecule has 4 heteroatoms. The molecule has 0 radical (unpaired) electrons. The fourth-order valence-corrected chi connectivity index (χ4v) is 3.09. The van der Waals surface area contributed by atoms with Gasteiger partial charge in [0.1, 0.15) is 5.82 Å². The minimum Gasteiger partial charge on any atom is -0.372 e. The normalized spacial score (nSPS) is 24.2. The van der Waals surface area contributed by atoms with E-state index in [2.05, 4.69) is 37.9 Å². The van der Waals surface area contributed by atoms with Crippen molar-refractivity contribution in [2.24, 2.45) is 0 Å². The maximum absolute atomic E-state index is 14.0. The van der Waals surface area contributed by atoms with Gasteiger partial charge in [0.25, 0.3) is 0 Å². The SMILES string of the molecule is CCNC(C)c1cc(F)c(C)cc1N1C[C@@H](C)O[C@@H](C)C1. The Kier molecular flexibility index (Phi) is 5.22. The first kappa shape index (κ1) is 16.2. The summed E-state index contributed by atoms with van der Waals surface area (Å²) in [5.74, 6) is -0.132. The molecule has 0 amide bonds. The number of benzene rings is 1. The zero-order valence-corrected chi connectivity index (χ0v) is 13.7. The minimum absolute atomic E-state index is 0.132. The van der Waals surface area contributed by atoms with Crippen LogP contribution in [0.4, 0.5) is 10.1 Å². The largest absolute Gasteiger partial charge is 0.372 e. The summed E-state index contributed by atoms with van der Waals surface area (Å²) in [5, 5.41) is 3.39. The number of morpholine rings is 1. The second kappa shape index (κ2) is 6.75. The highest BCUT2D eigenvalue weighted by molar-refractivity contribution is 5.57. The van der Waals surface area contributed by atoms with Crippen LogP contribution in [0.15, 0.2) is 12.1 Å². The van der Waals surface area contributed by atoms with E-state index in [9.17, 15) is 4.39 Å². The zero-order chi connectivity index (χ0) is 15.6. The lowest BCUT2D eigenvalue weighted by molar-refractivity contribution is -0.00529. The molecule has 1 aromatic carbocycles. The average molecular weight is 294 g/mol. The Hall–Kier alpha value is -1.13. The van der Waals surface area contributed by atoms with Crippen LogP contribution in [0.3, 0.4) is 0 Å². The lowest BCUT2D eigenvalue weighted by atomic mass is 10.0. The summed E-state index contributed by atoms with van der Waals surface area (Å²) in [7, 11) is 0. The first-order valence-electron chi connectivity index (χ1n) is 7.86. The molecule has 0 bridgehead atoms. The van der Waals surface area contributed by atoms with Crippen molar-refractivity contribution in [2.45, 2.75) is 52.9 Å². The van der Waals surface area contributed by atoms with E-state index in [-0.39, 0.29) is 24.1 Å². The smallest absolute Gasteiger partial charge is 0.126 e. The summed E-state index contributed by atoms with van der Waals surface area (Å²) >= 11 is 0. The Morgan fingerprint density at radius 2 is 1.95 bits per heavy atom. The Morgan fingerprint density at radius 3 is 2.52 bits per heavy atom. The number of hydrogen-bond acceptors (Lipinski definition) is 3. The van der Waals surface area contributed by atoms with Gasteiger partial charge in [-0.15, -0.1) is 0 Å². The first-order valence-corrected chi connectivity index (χ1v) is 7.86. The van der Waals surface area contributed by atoms with Crippen molar-refractivity contribution in [1.82, 2.24) is 5.32 Å². The Labute approximate surface area is 127 Å². The Morgan fingerprint density at radius 1 is 1.33 bits per heavy atom. The molecule has 118 valence electrons. The van der Waals surface area contributed by atoms with Gasteiger partial charge in [0.2, 0.25) is 0 Å². The number of nitrogens with one attached hydrogen (secondary N) is 1. The molecule has 1 aliphatic rings. The molecule has 1 fully saturated rings. The molecule has 21 heavy (non-hydrogen) atoms. The molecule has 1 N–H and O–H groups in total. The Bertz CT molecular complexity index is 482. The minimum atomic E-state index is -0.132. The fourth-order valence-electron chi connectivity index (χ4n) is 3.09. The molecule has 3 nitrogen and oxygen atoms in total. The Balaban J connectivity index is 2.38. The van der Waals surface area contributed by atoms with Crippen LogP contribution in [0, 0.1) is 12.7 Å². The second-order valence-corrected chi connectivity index (χ2v) is 6.10. The number of anilines is 1. The average Bonchev–Trinajstić information content (AvgIpc) is 2.40. The predicted molar refractivity (Wildman–Crippen MR) is 85.5 cm³/mol. The van der Waals surface area contributed by atoms with Gasteiger partial charge in [-0.25, -0.2) is 4.39 Å². The molecule has 0 spiro atoms. The van der Waals surface area contributed by atoms with E-state index in [0.717, 1.165) is 30.9 Å². The quantitative estimate of drug-likeness (QED) is 0.921. The summed E-state index contributed by atoms with van der Waals surface area (Å²) in [6, 6.07) is 3.79. The van der Waals surface area contributed by atoms with Crippen molar-refractivity contribution in [3.63, 3.8) is 0 Å². The van der Waals surface area contributed by atoms with Gasteiger partial charge in [-0.1, -0.05) is 6.92 Å². The van der Waals surface area contributed by atoms with Crippen LogP contribution in [0.25, 0.3) is 0 Å². The van der Waals surface area contributed by atoms with Gasteiger partial charge in [0.05, 0.1) is 12.2 Å². The number of rotatable bonds is 4. The van der Waals surface area contributed by atoms with Gasteiger partial charge in [0.15, 0.2) is 0 Å². The summed E-state index contributed by atoms with van der Waals surface area (Å²) in [6.07, 6.45) is 0.391. The third kappa shape index (κ3) is 3.74. The van der Waals surface area contributed by atoms with Crippen LogP contribution in [0.1, 0.15) is 44.9 Å². The molecule has 2 rings (SSSR count). The first-order chi connectivity index (χ1) is 9.92. The van der Waals surface area contributed by atoms with Crippen molar-refractivity contribution in [3.8, 4) is 0 Å². The van der Waals surface area contributed by atoms with Gasteiger partial charge in [-0.2, -0.15) is 0 Å². The lowest BCUT2D eigenvalue weighted by Crippen LogP contribution is -2.46. The second-order valence-electron chi connectivity index (χ2n) is 6.10. The van der Waals surface area contributed by atoms with Crippen molar-refractivity contribution in [3.05, 3.63) is 29.1 Å². The molecule has 3 atom stereocenters. The molecule has 0 saturated carbocycles. The van der Waals surface area contributed by atoms with Gasteiger partial charge < -0.3 is 15.0 Å². The zero-order valence-electron chi connectivity index (χ0n) is 13.7. The van der Waals surface area contributed by atoms with Crippen LogP contribution >= 0.6 is 0 Å². The van der Waals surface area contributed by atoms with Gasteiger partial charge >= 0.3 is 0 Å². The van der Waals surface area contributed by atoms with Crippen LogP contribution in [-0.4, -0.2) is 31.8 Å². The number of aryl methyl sites for hydroxylation is 1. The van der Waals surface area contributed by atoms with E-state index in [4.69, 9.17) is 4.74 Å². The third-order valence-corrected chi connectivity index (χ3v) is 4.05. The molecule has 1 saturated heterocycles. The van der Waals surface area contributed by atoms with Crippen molar-refractivity contribution in [2.75, 3.05) is 24.5 Å².